The number of nitrogens with zero attached hydrogens (tertiary/aromatic N) is 1. The van der Waals surface area contributed by atoms with Crippen LogP contribution >= 0.6 is 23.4 Å². The molecule has 1 amide bonds. The summed E-state index contributed by atoms with van der Waals surface area (Å²) in [5.74, 6) is -0.0990. The molecular formula is C22H19ClN2O2S. The number of hydrogen-bond acceptors (Lipinski definition) is 4. The maximum absolute atomic E-state index is 12.9. The molecule has 3 rings (SSSR count). The fourth-order valence-electron chi connectivity index (χ4n) is 2.75. The van der Waals surface area contributed by atoms with Gasteiger partial charge < -0.3 is 5.32 Å². The van der Waals surface area contributed by atoms with E-state index >= 15 is 0 Å². The Morgan fingerprint density at radius 1 is 1.04 bits per heavy atom. The number of ketones is 1. The second kappa shape index (κ2) is 9.04. The fourth-order valence-corrected chi connectivity index (χ4v) is 3.92. The molecule has 0 saturated carbocycles. The Balaban J connectivity index is 1.81. The van der Waals surface area contributed by atoms with Gasteiger partial charge in [-0.1, -0.05) is 41.6 Å². The number of carbonyl (C=O) groups is 2. The molecule has 0 bridgehead atoms. The molecule has 1 N–H and O–H groups in total. The maximum atomic E-state index is 12.9. The van der Waals surface area contributed by atoms with E-state index in [0.717, 1.165) is 11.3 Å². The van der Waals surface area contributed by atoms with Crippen molar-refractivity contribution in [2.45, 2.75) is 18.9 Å². The van der Waals surface area contributed by atoms with Gasteiger partial charge in [-0.3, -0.25) is 9.59 Å². The summed E-state index contributed by atoms with van der Waals surface area (Å²) in [6.07, 6.45) is 0. The number of Topliss-reactive ketones (excluding diaryl/α,β-unsaturated/α-hetero) is 1. The Hall–Kier alpha value is -2.63. The third kappa shape index (κ3) is 5.00. The third-order valence-corrected chi connectivity index (χ3v) is 5.30. The largest absolute Gasteiger partial charge is 0.322 e. The van der Waals surface area contributed by atoms with Crippen LogP contribution in [0.1, 0.15) is 32.0 Å². The predicted octanol–water partition coefficient (Wildman–Crippen LogP) is 5.58. The molecule has 28 heavy (non-hydrogen) atoms. The van der Waals surface area contributed by atoms with Gasteiger partial charge in [-0.25, -0.2) is 4.98 Å². The zero-order valence-corrected chi connectivity index (χ0v) is 17.1. The van der Waals surface area contributed by atoms with Crippen LogP contribution in [0.5, 0.6) is 0 Å². The number of benzene rings is 2. The number of aryl methyl sites for hydroxylation is 2. The lowest BCUT2D eigenvalue weighted by molar-refractivity contribution is 0.101. The van der Waals surface area contributed by atoms with Crippen LogP contribution in [-0.4, -0.2) is 22.4 Å². The van der Waals surface area contributed by atoms with Crippen LogP contribution in [-0.2, 0) is 0 Å². The van der Waals surface area contributed by atoms with E-state index in [4.69, 9.17) is 11.6 Å². The molecule has 0 fully saturated rings. The molecule has 0 spiro atoms. The number of hydrogen-bond donors (Lipinski definition) is 1. The molecule has 142 valence electrons. The van der Waals surface area contributed by atoms with E-state index in [-0.39, 0.29) is 17.4 Å². The highest BCUT2D eigenvalue weighted by atomic mass is 35.5. The summed E-state index contributed by atoms with van der Waals surface area (Å²) in [6.45, 7) is 3.75. The molecule has 3 aromatic rings. The van der Waals surface area contributed by atoms with Gasteiger partial charge in [-0.2, -0.15) is 0 Å². The summed E-state index contributed by atoms with van der Waals surface area (Å²) >= 11 is 7.14. The number of carbonyl (C=O) groups excluding carboxylic acids is 2. The second-order valence-electron chi connectivity index (χ2n) is 6.30. The SMILES string of the molecule is Cc1cc(C)c(C(=O)Nc2ccccc2)c(SCC(=O)c2ccc(Cl)cc2)n1. The molecule has 0 aliphatic rings. The van der Waals surface area contributed by atoms with E-state index in [2.05, 4.69) is 10.3 Å². The van der Waals surface area contributed by atoms with Crippen molar-refractivity contribution < 1.29 is 9.59 Å². The zero-order valence-electron chi connectivity index (χ0n) is 15.5. The fraction of sp³-hybridized carbons (Fsp3) is 0.136. The van der Waals surface area contributed by atoms with E-state index in [0.29, 0.717) is 26.9 Å². The van der Waals surface area contributed by atoms with E-state index in [1.807, 2.05) is 50.2 Å². The average molecular weight is 411 g/mol. The highest BCUT2D eigenvalue weighted by Crippen LogP contribution is 2.26. The average Bonchev–Trinajstić information content (AvgIpc) is 2.67. The first-order valence-corrected chi connectivity index (χ1v) is 10.1. The molecule has 0 saturated heterocycles. The quantitative estimate of drug-likeness (QED) is 0.425. The van der Waals surface area contributed by atoms with Gasteiger partial charge in [-0.05, 0) is 61.9 Å². The Labute approximate surface area is 173 Å². The molecule has 2 aromatic carbocycles. The summed E-state index contributed by atoms with van der Waals surface area (Å²) in [5.41, 5.74) is 3.40. The van der Waals surface area contributed by atoms with Gasteiger partial charge >= 0.3 is 0 Å². The minimum absolute atomic E-state index is 0.0444. The monoisotopic (exact) mass is 410 g/mol. The maximum Gasteiger partial charge on any atom is 0.258 e. The highest BCUT2D eigenvalue weighted by Gasteiger charge is 2.19. The minimum atomic E-state index is -0.238. The van der Waals surface area contributed by atoms with Gasteiger partial charge in [-0.15, -0.1) is 0 Å². The number of halogens is 1. The smallest absolute Gasteiger partial charge is 0.258 e. The normalized spacial score (nSPS) is 10.5. The number of rotatable bonds is 6. The molecule has 0 aliphatic heterocycles. The lowest BCUT2D eigenvalue weighted by Gasteiger charge is -2.13. The van der Waals surface area contributed by atoms with E-state index < -0.39 is 0 Å². The Morgan fingerprint density at radius 3 is 2.39 bits per heavy atom. The Kier molecular flexibility index (Phi) is 6.49. The van der Waals surface area contributed by atoms with Crippen molar-refractivity contribution in [1.29, 1.82) is 0 Å². The van der Waals surface area contributed by atoms with E-state index in [1.54, 1.807) is 24.3 Å². The molecule has 4 nitrogen and oxygen atoms in total. The summed E-state index contributed by atoms with van der Waals surface area (Å²) in [4.78, 5) is 29.8. The molecule has 1 heterocycles. The first-order chi connectivity index (χ1) is 13.4. The number of pyridine rings is 1. The van der Waals surface area contributed by atoms with Crippen molar-refractivity contribution in [3.8, 4) is 0 Å². The summed E-state index contributed by atoms with van der Waals surface area (Å²) in [6, 6.07) is 17.9. The van der Waals surface area contributed by atoms with Gasteiger partial charge in [0.25, 0.3) is 5.91 Å². The van der Waals surface area contributed by atoms with Gasteiger partial charge in [0.1, 0.15) is 5.03 Å². The van der Waals surface area contributed by atoms with Gasteiger partial charge in [0.2, 0.25) is 0 Å². The second-order valence-corrected chi connectivity index (χ2v) is 7.70. The van der Waals surface area contributed by atoms with Crippen LogP contribution in [0.25, 0.3) is 0 Å². The molecule has 0 radical (unpaired) electrons. The number of amides is 1. The van der Waals surface area contributed by atoms with Crippen LogP contribution in [0, 0.1) is 13.8 Å². The molecule has 1 aromatic heterocycles. The van der Waals surface area contributed by atoms with Crippen LogP contribution in [0.2, 0.25) is 5.02 Å². The lowest BCUT2D eigenvalue weighted by atomic mass is 10.1. The first-order valence-electron chi connectivity index (χ1n) is 8.70. The van der Waals surface area contributed by atoms with E-state index in [9.17, 15) is 9.59 Å². The van der Waals surface area contributed by atoms with Gasteiger partial charge in [0.15, 0.2) is 5.78 Å². The van der Waals surface area contributed by atoms with Gasteiger partial charge in [0.05, 0.1) is 11.3 Å². The van der Waals surface area contributed by atoms with Crippen LogP contribution in [0.4, 0.5) is 5.69 Å². The van der Waals surface area contributed by atoms with Crippen molar-refractivity contribution >= 4 is 40.7 Å². The van der Waals surface area contributed by atoms with E-state index in [1.165, 1.54) is 11.8 Å². The molecule has 0 unspecified atom stereocenters. The van der Waals surface area contributed by atoms with Gasteiger partial charge in [0, 0.05) is 22.0 Å². The number of aromatic nitrogens is 1. The van der Waals surface area contributed by atoms with Crippen molar-refractivity contribution in [2.75, 3.05) is 11.1 Å². The highest BCUT2D eigenvalue weighted by molar-refractivity contribution is 8.00. The lowest BCUT2D eigenvalue weighted by Crippen LogP contribution is -2.16. The Morgan fingerprint density at radius 2 is 1.71 bits per heavy atom. The van der Waals surface area contributed by atoms with Crippen LogP contribution in [0.3, 0.4) is 0 Å². The topological polar surface area (TPSA) is 59.1 Å². The number of thioether (sulfide) groups is 1. The van der Waals surface area contributed by atoms with Crippen LogP contribution in [0.15, 0.2) is 65.7 Å². The van der Waals surface area contributed by atoms with Crippen LogP contribution < -0.4 is 5.32 Å². The number of para-hydroxylation sites is 1. The number of nitrogens with one attached hydrogen (secondary N) is 1. The summed E-state index contributed by atoms with van der Waals surface area (Å²) < 4.78 is 0. The third-order valence-electron chi connectivity index (χ3n) is 4.08. The molecular weight excluding hydrogens is 392 g/mol. The predicted molar refractivity (Wildman–Crippen MR) is 115 cm³/mol. The zero-order chi connectivity index (χ0) is 20.1. The van der Waals surface area contributed by atoms with Crippen molar-refractivity contribution in [3.05, 3.63) is 88.1 Å². The molecule has 6 heteroatoms. The summed E-state index contributed by atoms with van der Waals surface area (Å²) in [7, 11) is 0. The van der Waals surface area contributed by atoms with Crippen molar-refractivity contribution in [2.24, 2.45) is 0 Å². The first kappa shape index (κ1) is 20.1. The number of anilines is 1. The van der Waals surface area contributed by atoms with Crippen molar-refractivity contribution in [3.63, 3.8) is 0 Å². The summed E-state index contributed by atoms with van der Waals surface area (Å²) in [5, 5.41) is 4.03. The van der Waals surface area contributed by atoms with Crippen molar-refractivity contribution in [1.82, 2.24) is 4.98 Å². The standard InChI is InChI=1S/C22H19ClN2O2S/c1-14-12-15(2)24-22(20(14)21(27)25-18-6-4-3-5-7-18)28-13-19(26)16-8-10-17(23)11-9-16/h3-12H,13H2,1-2H3,(H,25,27). The molecule has 0 atom stereocenters. The minimum Gasteiger partial charge on any atom is -0.322 e. The molecule has 0 aliphatic carbocycles. The Bertz CT molecular complexity index is 1010.